The number of carboxylic acids is 1. The monoisotopic (exact) mass is 373 g/mol. The quantitative estimate of drug-likeness (QED) is 0.876. The summed E-state index contributed by atoms with van der Waals surface area (Å²) < 4.78 is 10.8. The number of halogens is 2. The van der Waals surface area contributed by atoms with E-state index in [4.69, 9.17) is 32.7 Å². The van der Waals surface area contributed by atoms with Crippen LogP contribution in [0, 0.1) is 11.3 Å². The predicted molar refractivity (Wildman–Crippen MR) is 87.5 cm³/mol. The zero-order chi connectivity index (χ0) is 17.3. The van der Waals surface area contributed by atoms with Crippen molar-refractivity contribution in [2.24, 2.45) is 11.3 Å². The van der Waals surface area contributed by atoms with Gasteiger partial charge < -0.3 is 19.5 Å². The number of amides is 1. The molecule has 2 aliphatic heterocycles. The van der Waals surface area contributed by atoms with Gasteiger partial charge in [0, 0.05) is 30.6 Å². The molecule has 6 nitrogen and oxygen atoms in total. The molecule has 1 amide bonds. The maximum atomic E-state index is 12.4. The lowest BCUT2D eigenvalue weighted by molar-refractivity contribution is -0.157. The van der Waals surface area contributed by atoms with Crippen molar-refractivity contribution < 1.29 is 24.2 Å². The Balaban J connectivity index is 1.65. The lowest BCUT2D eigenvalue weighted by atomic mass is 9.74. The van der Waals surface area contributed by atoms with Gasteiger partial charge in [0.15, 0.2) is 6.61 Å². The summed E-state index contributed by atoms with van der Waals surface area (Å²) in [5, 5.41) is 10.4. The number of hydrogen-bond acceptors (Lipinski definition) is 4. The minimum atomic E-state index is -0.911. The molecule has 2 atom stereocenters. The number of carboxylic acid groups (broad SMARTS) is 1. The van der Waals surface area contributed by atoms with Gasteiger partial charge in [-0.2, -0.15) is 0 Å². The standard InChI is InChI=1S/C16H17Cl2NO5/c17-11-1-2-13(12(18)5-11)24-8-14(20)19-6-10-7-23-4-3-16(10,9-19)15(21)22/h1-2,5,10H,3-4,6-9H2,(H,21,22)/t10-,16+/m0/s1. The second-order valence-electron chi connectivity index (χ2n) is 6.12. The highest BCUT2D eigenvalue weighted by molar-refractivity contribution is 6.35. The second kappa shape index (κ2) is 6.78. The molecule has 1 aromatic carbocycles. The van der Waals surface area contributed by atoms with Crippen molar-refractivity contribution in [1.29, 1.82) is 0 Å². The number of nitrogens with zero attached hydrogens (tertiary/aromatic N) is 1. The molecular formula is C16H17Cl2NO5. The van der Waals surface area contributed by atoms with Gasteiger partial charge in [0.1, 0.15) is 5.75 Å². The summed E-state index contributed by atoms with van der Waals surface area (Å²) in [6.45, 7) is 1.11. The highest BCUT2D eigenvalue weighted by Gasteiger charge is 2.54. The summed E-state index contributed by atoms with van der Waals surface area (Å²) in [7, 11) is 0. The number of likely N-dealkylation sites (tertiary alicyclic amines) is 1. The van der Waals surface area contributed by atoms with Crippen molar-refractivity contribution in [2.45, 2.75) is 6.42 Å². The molecule has 0 aliphatic carbocycles. The van der Waals surface area contributed by atoms with Gasteiger partial charge in [-0.1, -0.05) is 23.2 Å². The Morgan fingerprint density at radius 3 is 2.88 bits per heavy atom. The third kappa shape index (κ3) is 3.18. The molecule has 0 unspecified atom stereocenters. The number of carbonyl (C=O) groups is 2. The molecule has 2 heterocycles. The average Bonchev–Trinajstić information content (AvgIpc) is 2.95. The zero-order valence-corrected chi connectivity index (χ0v) is 14.3. The van der Waals surface area contributed by atoms with Crippen LogP contribution in [0.2, 0.25) is 10.0 Å². The van der Waals surface area contributed by atoms with Crippen molar-refractivity contribution in [3.63, 3.8) is 0 Å². The Kier molecular flexibility index (Phi) is 4.90. The fourth-order valence-corrected chi connectivity index (χ4v) is 3.78. The highest BCUT2D eigenvalue weighted by atomic mass is 35.5. The maximum Gasteiger partial charge on any atom is 0.311 e. The van der Waals surface area contributed by atoms with Crippen LogP contribution in [0.1, 0.15) is 6.42 Å². The van der Waals surface area contributed by atoms with E-state index in [0.717, 1.165) is 0 Å². The van der Waals surface area contributed by atoms with Crippen LogP contribution in [0.4, 0.5) is 0 Å². The number of benzene rings is 1. The summed E-state index contributed by atoms with van der Waals surface area (Å²) in [5.74, 6) is -0.960. The third-order valence-electron chi connectivity index (χ3n) is 4.73. The summed E-state index contributed by atoms with van der Waals surface area (Å²) >= 11 is 11.8. The number of carbonyl (C=O) groups excluding carboxylic acids is 1. The van der Waals surface area contributed by atoms with Crippen LogP contribution in [0.3, 0.4) is 0 Å². The minimum absolute atomic E-state index is 0.187. The second-order valence-corrected chi connectivity index (χ2v) is 6.96. The Morgan fingerprint density at radius 2 is 2.21 bits per heavy atom. The molecule has 2 saturated heterocycles. The van der Waals surface area contributed by atoms with E-state index in [1.807, 2.05) is 0 Å². The van der Waals surface area contributed by atoms with Crippen LogP contribution >= 0.6 is 23.2 Å². The van der Waals surface area contributed by atoms with Gasteiger partial charge in [0.2, 0.25) is 0 Å². The van der Waals surface area contributed by atoms with Crippen molar-refractivity contribution >= 4 is 35.1 Å². The molecule has 8 heteroatoms. The summed E-state index contributed by atoms with van der Waals surface area (Å²) in [6, 6.07) is 4.74. The van der Waals surface area contributed by atoms with Gasteiger partial charge >= 0.3 is 5.97 Å². The first-order valence-corrected chi connectivity index (χ1v) is 8.35. The summed E-state index contributed by atoms with van der Waals surface area (Å²) in [4.78, 5) is 25.7. The molecule has 130 valence electrons. The number of ether oxygens (including phenoxy) is 2. The SMILES string of the molecule is O=C(COc1ccc(Cl)cc1Cl)N1C[C@H]2COCC[C@@]2(C(=O)O)C1. The molecule has 1 aromatic rings. The smallest absolute Gasteiger partial charge is 0.311 e. The Bertz CT molecular complexity index is 668. The lowest BCUT2D eigenvalue weighted by Gasteiger charge is -2.33. The van der Waals surface area contributed by atoms with Crippen LogP contribution in [0.5, 0.6) is 5.75 Å². The molecular weight excluding hydrogens is 357 g/mol. The van der Waals surface area contributed by atoms with E-state index in [1.165, 1.54) is 11.0 Å². The summed E-state index contributed by atoms with van der Waals surface area (Å²) in [6.07, 6.45) is 0.417. The van der Waals surface area contributed by atoms with Gasteiger partial charge in [-0.05, 0) is 24.6 Å². The fourth-order valence-electron chi connectivity index (χ4n) is 3.31. The van der Waals surface area contributed by atoms with Crippen LogP contribution in [0.15, 0.2) is 18.2 Å². The Labute approximate surface area is 149 Å². The minimum Gasteiger partial charge on any atom is -0.482 e. The van der Waals surface area contributed by atoms with E-state index in [0.29, 0.717) is 42.0 Å². The first-order valence-electron chi connectivity index (χ1n) is 7.59. The number of hydrogen-bond donors (Lipinski definition) is 1. The van der Waals surface area contributed by atoms with Crippen molar-refractivity contribution in [1.82, 2.24) is 4.90 Å². The third-order valence-corrected chi connectivity index (χ3v) is 5.26. The maximum absolute atomic E-state index is 12.4. The van der Waals surface area contributed by atoms with Crippen LogP contribution in [-0.4, -0.2) is 54.8 Å². The van der Waals surface area contributed by atoms with Gasteiger partial charge in [-0.15, -0.1) is 0 Å². The fraction of sp³-hybridized carbons (Fsp3) is 0.500. The topological polar surface area (TPSA) is 76.1 Å². The molecule has 0 saturated carbocycles. The molecule has 2 fully saturated rings. The van der Waals surface area contributed by atoms with Gasteiger partial charge in [0.25, 0.3) is 5.91 Å². The number of rotatable bonds is 4. The van der Waals surface area contributed by atoms with Crippen molar-refractivity contribution in [3.05, 3.63) is 28.2 Å². The van der Waals surface area contributed by atoms with Gasteiger partial charge in [0.05, 0.1) is 17.0 Å². The molecule has 3 rings (SSSR count). The lowest BCUT2D eigenvalue weighted by Crippen LogP contribution is -2.45. The molecule has 24 heavy (non-hydrogen) atoms. The molecule has 0 bridgehead atoms. The Hall–Kier alpha value is -1.50. The van der Waals surface area contributed by atoms with E-state index >= 15 is 0 Å². The average molecular weight is 374 g/mol. The van der Waals surface area contributed by atoms with Gasteiger partial charge in [-0.3, -0.25) is 9.59 Å². The van der Waals surface area contributed by atoms with Crippen LogP contribution in [0.25, 0.3) is 0 Å². The van der Waals surface area contributed by atoms with Crippen molar-refractivity contribution in [3.8, 4) is 5.75 Å². The molecule has 0 spiro atoms. The van der Waals surface area contributed by atoms with Crippen LogP contribution in [-0.2, 0) is 14.3 Å². The first kappa shape index (κ1) is 17.3. The molecule has 1 N–H and O–H groups in total. The first-order chi connectivity index (χ1) is 11.4. The Morgan fingerprint density at radius 1 is 1.42 bits per heavy atom. The summed E-state index contributed by atoms with van der Waals surface area (Å²) in [5.41, 5.74) is -0.911. The van der Waals surface area contributed by atoms with Crippen molar-refractivity contribution in [2.75, 3.05) is 32.9 Å². The van der Waals surface area contributed by atoms with E-state index in [-0.39, 0.29) is 25.0 Å². The highest BCUT2D eigenvalue weighted by Crippen LogP contribution is 2.42. The van der Waals surface area contributed by atoms with E-state index in [1.54, 1.807) is 12.1 Å². The number of aliphatic carboxylic acids is 1. The van der Waals surface area contributed by atoms with Gasteiger partial charge in [-0.25, -0.2) is 0 Å². The van der Waals surface area contributed by atoms with E-state index in [2.05, 4.69) is 0 Å². The normalized spacial score (nSPS) is 26.1. The molecule has 0 aromatic heterocycles. The molecule has 0 radical (unpaired) electrons. The van der Waals surface area contributed by atoms with E-state index < -0.39 is 11.4 Å². The van der Waals surface area contributed by atoms with Crippen LogP contribution < -0.4 is 4.74 Å². The zero-order valence-electron chi connectivity index (χ0n) is 12.8. The van der Waals surface area contributed by atoms with E-state index in [9.17, 15) is 14.7 Å². The number of fused-ring (bicyclic) bond motifs is 1. The molecule has 2 aliphatic rings. The predicted octanol–water partition coefficient (Wildman–Crippen LogP) is 2.32. The largest absolute Gasteiger partial charge is 0.482 e.